The summed E-state index contributed by atoms with van der Waals surface area (Å²) in [5, 5.41) is 1.16. The third-order valence-electron chi connectivity index (χ3n) is 3.48. The van der Waals surface area contributed by atoms with Crippen LogP contribution in [0.4, 0.5) is 0 Å². The molecular formula is C16H15N3S. The van der Waals surface area contributed by atoms with Crippen molar-refractivity contribution in [2.24, 2.45) is 11.5 Å². The summed E-state index contributed by atoms with van der Waals surface area (Å²) in [6.45, 7) is 0.518. The molecule has 3 rings (SSSR count). The highest BCUT2D eigenvalue weighted by molar-refractivity contribution is 7.80. The van der Waals surface area contributed by atoms with Gasteiger partial charge in [-0.3, -0.25) is 0 Å². The van der Waals surface area contributed by atoms with Crippen molar-refractivity contribution >= 4 is 28.1 Å². The number of aromatic nitrogens is 1. The number of para-hydroxylation sites is 1. The van der Waals surface area contributed by atoms with E-state index in [1.807, 2.05) is 36.5 Å². The molecule has 0 saturated heterocycles. The fourth-order valence-corrected chi connectivity index (χ4v) is 2.59. The number of thiocarbonyl (C=S) groups is 1. The van der Waals surface area contributed by atoms with E-state index in [4.69, 9.17) is 23.7 Å². The maximum absolute atomic E-state index is 5.77. The summed E-state index contributed by atoms with van der Waals surface area (Å²) in [7, 11) is 0. The molecule has 0 amide bonds. The molecule has 4 heteroatoms. The van der Waals surface area contributed by atoms with Crippen molar-refractivity contribution in [3.63, 3.8) is 0 Å². The van der Waals surface area contributed by atoms with Crippen molar-refractivity contribution in [1.82, 2.24) is 4.98 Å². The number of aromatic amines is 1. The molecule has 0 spiro atoms. The Labute approximate surface area is 122 Å². The van der Waals surface area contributed by atoms with E-state index in [1.165, 1.54) is 0 Å². The average molecular weight is 281 g/mol. The first-order valence-electron chi connectivity index (χ1n) is 6.40. The monoisotopic (exact) mass is 281 g/mol. The molecule has 0 unspecified atom stereocenters. The molecule has 3 aromatic rings. The number of hydrogen-bond donors (Lipinski definition) is 3. The number of hydrogen-bond acceptors (Lipinski definition) is 2. The third kappa shape index (κ3) is 2.09. The quantitative estimate of drug-likeness (QED) is 0.647. The molecule has 3 nitrogen and oxygen atoms in total. The van der Waals surface area contributed by atoms with Crippen molar-refractivity contribution in [2.45, 2.75) is 6.54 Å². The minimum Gasteiger partial charge on any atom is -0.389 e. The maximum atomic E-state index is 5.77. The zero-order valence-electron chi connectivity index (χ0n) is 10.9. The Morgan fingerprint density at radius 2 is 1.95 bits per heavy atom. The van der Waals surface area contributed by atoms with Gasteiger partial charge in [-0.2, -0.15) is 0 Å². The summed E-state index contributed by atoms with van der Waals surface area (Å²) < 4.78 is 0. The van der Waals surface area contributed by atoms with Crippen LogP contribution in [0.25, 0.3) is 22.0 Å². The molecule has 0 saturated carbocycles. The summed E-state index contributed by atoms with van der Waals surface area (Å²) in [5.74, 6) is 0. The van der Waals surface area contributed by atoms with Crippen LogP contribution in [0.15, 0.2) is 48.7 Å². The molecule has 0 fully saturated rings. The summed E-state index contributed by atoms with van der Waals surface area (Å²) >= 11 is 5.04. The first kappa shape index (κ1) is 12.8. The smallest absolute Gasteiger partial charge is 0.104 e. The van der Waals surface area contributed by atoms with E-state index in [9.17, 15) is 0 Å². The van der Waals surface area contributed by atoms with Gasteiger partial charge in [0.15, 0.2) is 0 Å². The van der Waals surface area contributed by atoms with Crippen LogP contribution >= 0.6 is 12.2 Å². The SMILES string of the molecule is NCc1cccc2c(-c3cccc(C(N)=S)c3)c[nH]c12. The van der Waals surface area contributed by atoms with E-state index in [0.717, 1.165) is 33.2 Å². The van der Waals surface area contributed by atoms with Crippen molar-refractivity contribution < 1.29 is 0 Å². The van der Waals surface area contributed by atoms with E-state index < -0.39 is 0 Å². The highest BCUT2D eigenvalue weighted by Crippen LogP contribution is 2.30. The summed E-state index contributed by atoms with van der Waals surface area (Å²) in [4.78, 5) is 3.72. The van der Waals surface area contributed by atoms with Crippen LogP contribution in [0.3, 0.4) is 0 Å². The molecule has 0 radical (unpaired) electrons. The zero-order valence-corrected chi connectivity index (χ0v) is 11.7. The Hall–Kier alpha value is -2.17. The Morgan fingerprint density at radius 3 is 2.70 bits per heavy atom. The van der Waals surface area contributed by atoms with Crippen LogP contribution in [0.5, 0.6) is 0 Å². The van der Waals surface area contributed by atoms with Crippen molar-refractivity contribution in [2.75, 3.05) is 0 Å². The largest absolute Gasteiger partial charge is 0.389 e. The van der Waals surface area contributed by atoms with Crippen molar-refractivity contribution in [3.05, 3.63) is 59.8 Å². The van der Waals surface area contributed by atoms with Crippen molar-refractivity contribution in [3.8, 4) is 11.1 Å². The fraction of sp³-hybridized carbons (Fsp3) is 0.0625. The van der Waals surface area contributed by atoms with Gasteiger partial charge in [0.2, 0.25) is 0 Å². The molecular weight excluding hydrogens is 266 g/mol. The van der Waals surface area contributed by atoms with Crippen LogP contribution in [-0.2, 0) is 6.54 Å². The first-order chi connectivity index (χ1) is 9.70. The predicted octanol–water partition coefficient (Wildman–Crippen LogP) is 2.93. The second kappa shape index (κ2) is 5.07. The average Bonchev–Trinajstić information content (AvgIpc) is 2.91. The lowest BCUT2D eigenvalue weighted by molar-refractivity contribution is 1.08. The summed E-state index contributed by atoms with van der Waals surface area (Å²) in [5.41, 5.74) is 16.8. The molecule has 1 heterocycles. The number of H-pyrrole nitrogens is 1. The van der Waals surface area contributed by atoms with E-state index in [0.29, 0.717) is 11.5 Å². The number of nitrogens with two attached hydrogens (primary N) is 2. The van der Waals surface area contributed by atoms with Gasteiger partial charge in [0, 0.05) is 29.3 Å². The molecule has 100 valence electrons. The first-order valence-corrected chi connectivity index (χ1v) is 6.81. The summed E-state index contributed by atoms with van der Waals surface area (Å²) in [6.07, 6.45) is 2.00. The number of nitrogens with one attached hydrogen (secondary N) is 1. The molecule has 5 N–H and O–H groups in total. The second-order valence-corrected chi connectivity index (χ2v) is 5.13. The molecule has 0 atom stereocenters. The van der Waals surface area contributed by atoms with Gasteiger partial charge in [-0.05, 0) is 17.2 Å². The molecule has 20 heavy (non-hydrogen) atoms. The highest BCUT2D eigenvalue weighted by Gasteiger charge is 2.09. The topological polar surface area (TPSA) is 67.8 Å². The van der Waals surface area contributed by atoms with Crippen LogP contribution in [0, 0.1) is 0 Å². The lowest BCUT2D eigenvalue weighted by atomic mass is 10.0. The number of benzene rings is 2. The lowest BCUT2D eigenvalue weighted by Crippen LogP contribution is -2.08. The predicted molar refractivity (Wildman–Crippen MR) is 87.5 cm³/mol. The van der Waals surface area contributed by atoms with E-state index in [1.54, 1.807) is 0 Å². The number of rotatable bonds is 3. The van der Waals surface area contributed by atoms with Gasteiger partial charge in [0.05, 0.1) is 5.52 Å². The Balaban J connectivity index is 2.20. The minimum atomic E-state index is 0.411. The minimum absolute atomic E-state index is 0.411. The molecule has 2 aromatic carbocycles. The molecule has 0 aliphatic heterocycles. The van der Waals surface area contributed by atoms with E-state index in [-0.39, 0.29) is 0 Å². The van der Waals surface area contributed by atoms with Crippen LogP contribution in [0.1, 0.15) is 11.1 Å². The van der Waals surface area contributed by atoms with Crippen LogP contribution in [-0.4, -0.2) is 9.97 Å². The Kier molecular flexibility index (Phi) is 3.26. The molecule has 1 aromatic heterocycles. The summed E-state index contributed by atoms with van der Waals surface area (Å²) in [6, 6.07) is 14.1. The lowest BCUT2D eigenvalue weighted by Gasteiger charge is -2.04. The number of fused-ring (bicyclic) bond motifs is 1. The Morgan fingerprint density at radius 1 is 1.15 bits per heavy atom. The maximum Gasteiger partial charge on any atom is 0.104 e. The highest BCUT2D eigenvalue weighted by atomic mass is 32.1. The van der Waals surface area contributed by atoms with Gasteiger partial charge < -0.3 is 16.5 Å². The zero-order chi connectivity index (χ0) is 14.1. The Bertz CT molecular complexity index is 789. The standard InChI is InChI=1S/C16H15N3S/c17-8-12-5-2-6-13-14(9-19-15(12)13)10-3-1-4-11(7-10)16(18)20/h1-7,9,19H,8,17H2,(H2,18,20). The van der Waals surface area contributed by atoms with Gasteiger partial charge in [-0.1, -0.05) is 48.6 Å². The second-order valence-electron chi connectivity index (χ2n) is 4.69. The van der Waals surface area contributed by atoms with Gasteiger partial charge >= 0.3 is 0 Å². The van der Waals surface area contributed by atoms with Gasteiger partial charge in [-0.25, -0.2) is 0 Å². The van der Waals surface area contributed by atoms with Gasteiger partial charge in [0.1, 0.15) is 4.99 Å². The van der Waals surface area contributed by atoms with Crippen molar-refractivity contribution in [1.29, 1.82) is 0 Å². The fourth-order valence-electron chi connectivity index (χ4n) is 2.47. The van der Waals surface area contributed by atoms with E-state index in [2.05, 4.69) is 17.1 Å². The van der Waals surface area contributed by atoms with E-state index >= 15 is 0 Å². The van der Waals surface area contributed by atoms with Gasteiger partial charge in [-0.15, -0.1) is 0 Å². The van der Waals surface area contributed by atoms with Crippen LogP contribution < -0.4 is 11.5 Å². The van der Waals surface area contributed by atoms with Crippen LogP contribution in [0.2, 0.25) is 0 Å². The molecule has 0 aliphatic rings. The molecule has 0 aliphatic carbocycles. The normalized spacial score (nSPS) is 10.8. The third-order valence-corrected chi connectivity index (χ3v) is 3.72. The van der Waals surface area contributed by atoms with Gasteiger partial charge in [0.25, 0.3) is 0 Å². The molecule has 0 bridgehead atoms.